The lowest BCUT2D eigenvalue weighted by atomic mass is 10.1. The number of ether oxygens (including phenoxy) is 1. The molecule has 1 aliphatic rings. The predicted octanol–water partition coefficient (Wildman–Crippen LogP) is 4.29. The van der Waals surface area contributed by atoms with Gasteiger partial charge in [0.25, 0.3) is 0 Å². The molecule has 0 bridgehead atoms. The maximum absolute atomic E-state index is 5.94. The molecule has 1 heteroatoms. The highest BCUT2D eigenvalue weighted by Crippen LogP contribution is 2.40. The van der Waals surface area contributed by atoms with Crippen LogP contribution in [0.3, 0.4) is 0 Å². The van der Waals surface area contributed by atoms with E-state index >= 15 is 0 Å². The molecule has 0 fully saturated rings. The number of hydrogen-bond donors (Lipinski definition) is 0. The summed E-state index contributed by atoms with van der Waals surface area (Å²) in [6, 6.07) is 15.0. The van der Waals surface area contributed by atoms with Crippen LogP contribution in [-0.4, -0.2) is 6.61 Å². The van der Waals surface area contributed by atoms with E-state index < -0.39 is 0 Å². The van der Waals surface area contributed by atoms with Gasteiger partial charge in [-0.15, -0.1) is 0 Å². The van der Waals surface area contributed by atoms with Crippen LogP contribution in [0.15, 0.2) is 42.5 Å². The first kappa shape index (κ1) is 11.3. The van der Waals surface area contributed by atoms with E-state index in [1.165, 1.54) is 22.3 Å². The molecule has 3 rings (SSSR count). The molecule has 0 spiro atoms. The Kier molecular flexibility index (Phi) is 2.83. The van der Waals surface area contributed by atoms with Crippen molar-refractivity contribution in [2.45, 2.75) is 20.3 Å². The average molecular weight is 238 g/mol. The van der Waals surface area contributed by atoms with Crippen molar-refractivity contribution in [2.75, 3.05) is 6.61 Å². The Balaban J connectivity index is 1.98. The van der Waals surface area contributed by atoms with Crippen molar-refractivity contribution >= 4 is 0 Å². The summed E-state index contributed by atoms with van der Waals surface area (Å²) in [6.07, 6.45) is 1.000. The van der Waals surface area contributed by atoms with E-state index in [0.29, 0.717) is 5.92 Å². The lowest BCUT2D eigenvalue weighted by Crippen LogP contribution is -2.05. The van der Waals surface area contributed by atoms with Crippen LogP contribution in [0.5, 0.6) is 5.75 Å². The summed E-state index contributed by atoms with van der Waals surface area (Å²) >= 11 is 0. The Bertz CT molecular complexity index is 570. The van der Waals surface area contributed by atoms with E-state index in [9.17, 15) is 0 Å². The van der Waals surface area contributed by atoms with E-state index in [2.05, 4.69) is 56.3 Å². The summed E-state index contributed by atoms with van der Waals surface area (Å²) in [4.78, 5) is 0. The SMILES string of the molecule is CC(C)COc1cccc2c1Cc1ccccc1-2. The van der Waals surface area contributed by atoms with Crippen molar-refractivity contribution in [3.8, 4) is 16.9 Å². The largest absolute Gasteiger partial charge is 0.493 e. The monoisotopic (exact) mass is 238 g/mol. The zero-order valence-corrected chi connectivity index (χ0v) is 10.9. The van der Waals surface area contributed by atoms with Gasteiger partial charge >= 0.3 is 0 Å². The maximum atomic E-state index is 5.94. The highest BCUT2D eigenvalue weighted by atomic mass is 16.5. The number of rotatable bonds is 3. The van der Waals surface area contributed by atoms with Gasteiger partial charge < -0.3 is 4.74 Å². The lowest BCUT2D eigenvalue weighted by molar-refractivity contribution is 0.269. The molecule has 1 nitrogen and oxygen atoms in total. The maximum Gasteiger partial charge on any atom is 0.123 e. The Morgan fingerprint density at radius 1 is 1.00 bits per heavy atom. The molecule has 0 radical (unpaired) electrons. The fraction of sp³-hybridized carbons (Fsp3) is 0.294. The molecular formula is C17H18O. The van der Waals surface area contributed by atoms with Gasteiger partial charge in [0, 0.05) is 12.0 Å². The van der Waals surface area contributed by atoms with E-state index in [1.54, 1.807) is 0 Å². The van der Waals surface area contributed by atoms with Gasteiger partial charge in [0.05, 0.1) is 6.61 Å². The second kappa shape index (κ2) is 4.49. The first-order valence-corrected chi connectivity index (χ1v) is 6.58. The highest BCUT2D eigenvalue weighted by Gasteiger charge is 2.21. The third-order valence-corrected chi connectivity index (χ3v) is 3.38. The van der Waals surface area contributed by atoms with Gasteiger partial charge in [-0.1, -0.05) is 50.2 Å². The first-order chi connectivity index (χ1) is 8.75. The van der Waals surface area contributed by atoms with Crippen molar-refractivity contribution in [1.82, 2.24) is 0 Å². The van der Waals surface area contributed by atoms with Gasteiger partial charge in [-0.2, -0.15) is 0 Å². The lowest BCUT2D eigenvalue weighted by Gasteiger charge is -2.12. The average Bonchev–Trinajstić information content (AvgIpc) is 2.75. The Morgan fingerprint density at radius 3 is 2.61 bits per heavy atom. The predicted molar refractivity (Wildman–Crippen MR) is 75.0 cm³/mol. The molecule has 0 aliphatic heterocycles. The van der Waals surface area contributed by atoms with E-state index in [4.69, 9.17) is 4.74 Å². The van der Waals surface area contributed by atoms with Gasteiger partial charge in [-0.05, 0) is 28.7 Å². The van der Waals surface area contributed by atoms with Gasteiger partial charge in [0.15, 0.2) is 0 Å². The van der Waals surface area contributed by atoms with E-state index in [-0.39, 0.29) is 0 Å². The first-order valence-electron chi connectivity index (χ1n) is 6.58. The fourth-order valence-electron chi connectivity index (χ4n) is 2.52. The van der Waals surface area contributed by atoms with Gasteiger partial charge in [0.2, 0.25) is 0 Å². The topological polar surface area (TPSA) is 9.23 Å². The summed E-state index contributed by atoms with van der Waals surface area (Å²) < 4.78 is 5.94. The quantitative estimate of drug-likeness (QED) is 0.661. The molecule has 2 aromatic carbocycles. The van der Waals surface area contributed by atoms with Crippen molar-refractivity contribution in [3.63, 3.8) is 0 Å². The second-order valence-corrected chi connectivity index (χ2v) is 5.32. The van der Waals surface area contributed by atoms with Crippen molar-refractivity contribution in [1.29, 1.82) is 0 Å². The molecule has 0 amide bonds. The standard InChI is InChI=1S/C17H18O/c1-12(2)11-18-17-9-5-8-15-14-7-4-3-6-13(14)10-16(15)17/h3-9,12H,10-11H2,1-2H3. The van der Waals surface area contributed by atoms with Crippen LogP contribution in [-0.2, 0) is 6.42 Å². The third kappa shape index (κ3) is 1.90. The minimum Gasteiger partial charge on any atom is -0.493 e. The van der Waals surface area contributed by atoms with E-state index in [1.807, 2.05) is 0 Å². The van der Waals surface area contributed by atoms with Gasteiger partial charge in [-0.25, -0.2) is 0 Å². The third-order valence-electron chi connectivity index (χ3n) is 3.38. The van der Waals surface area contributed by atoms with Crippen LogP contribution < -0.4 is 4.74 Å². The molecule has 92 valence electrons. The molecule has 0 heterocycles. The van der Waals surface area contributed by atoms with E-state index in [0.717, 1.165) is 18.8 Å². The van der Waals surface area contributed by atoms with Crippen LogP contribution in [0.1, 0.15) is 25.0 Å². The minimum absolute atomic E-state index is 0.560. The Morgan fingerprint density at radius 2 is 1.78 bits per heavy atom. The van der Waals surface area contributed by atoms with Crippen molar-refractivity contribution < 1.29 is 4.74 Å². The molecule has 0 saturated heterocycles. The van der Waals surface area contributed by atoms with Crippen LogP contribution in [0, 0.1) is 5.92 Å². The normalized spacial score (nSPS) is 12.4. The molecule has 2 aromatic rings. The van der Waals surface area contributed by atoms with Crippen LogP contribution in [0.4, 0.5) is 0 Å². The van der Waals surface area contributed by atoms with Crippen LogP contribution >= 0.6 is 0 Å². The molecule has 0 atom stereocenters. The molecule has 18 heavy (non-hydrogen) atoms. The summed E-state index contributed by atoms with van der Waals surface area (Å²) in [7, 11) is 0. The number of benzene rings is 2. The number of hydrogen-bond acceptors (Lipinski definition) is 1. The minimum atomic E-state index is 0.560. The molecule has 0 aromatic heterocycles. The Hall–Kier alpha value is -1.76. The van der Waals surface area contributed by atoms with Gasteiger partial charge in [-0.3, -0.25) is 0 Å². The zero-order chi connectivity index (χ0) is 12.5. The smallest absolute Gasteiger partial charge is 0.123 e. The zero-order valence-electron chi connectivity index (χ0n) is 10.9. The highest BCUT2D eigenvalue weighted by molar-refractivity contribution is 5.78. The summed E-state index contributed by atoms with van der Waals surface area (Å²) in [5.41, 5.74) is 5.46. The number of fused-ring (bicyclic) bond motifs is 3. The molecule has 0 saturated carbocycles. The fourth-order valence-corrected chi connectivity index (χ4v) is 2.52. The van der Waals surface area contributed by atoms with Crippen molar-refractivity contribution in [2.24, 2.45) is 5.92 Å². The second-order valence-electron chi connectivity index (χ2n) is 5.32. The Labute approximate surface area is 108 Å². The molecular weight excluding hydrogens is 220 g/mol. The molecule has 0 N–H and O–H groups in total. The molecule has 0 unspecified atom stereocenters. The summed E-state index contributed by atoms with van der Waals surface area (Å²) in [6.45, 7) is 5.14. The van der Waals surface area contributed by atoms with Crippen LogP contribution in [0.25, 0.3) is 11.1 Å². The van der Waals surface area contributed by atoms with Crippen LogP contribution in [0.2, 0.25) is 0 Å². The molecule has 1 aliphatic carbocycles. The summed E-state index contributed by atoms with van der Waals surface area (Å²) in [5, 5.41) is 0. The van der Waals surface area contributed by atoms with Crippen molar-refractivity contribution in [3.05, 3.63) is 53.6 Å². The van der Waals surface area contributed by atoms with Gasteiger partial charge in [0.1, 0.15) is 5.75 Å². The summed E-state index contributed by atoms with van der Waals surface area (Å²) in [5.74, 6) is 1.61.